The molecule has 1 aromatic rings. The van der Waals surface area contributed by atoms with Crippen molar-refractivity contribution in [3.05, 3.63) is 23.9 Å². The van der Waals surface area contributed by atoms with Crippen LogP contribution in [0.3, 0.4) is 0 Å². The summed E-state index contributed by atoms with van der Waals surface area (Å²) in [5.74, 6) is 1.40. The predicted molar refractivity (Wildman–Crippen MR) is 77.2 cm³/mol. The molecule has 5 heteroatoms. The molecule has 0 radical (unpaired) electrons. The third-order valence-electron chi connectivity index (χ3n) is 3.83. The SMILES string of the molecule is Nc1cc(CN2CCO[C@@H](COCC3CC3)C2)ccn1. The highest BCUT2D eigenvalue weighted by Gasteiger charge is 2.24. The number of nitrogen functional groups attached to an aromatic ring is 1. The second-order valence-electron chi connectivity index (χ2n) is 5.80. The van der Waals surface area contributed by atoms with E-state index in [9.17, 15) is 0 Å². The van der Waals surface area contributed by atoms with Crippen LogP contribution in [0.25, 0.3) is 0 Å². The van der Waals surface area contributed by atoms with Crippen LogP contribution in [0.1, 0.15) is 18.4 Å². The highest BCUT2D eigenvalue weighted by atomic mass is 16.5. The van der Waals surface area contributed by atoms with Crippen molar-refractivity contribution >= 4 is 5.82 Å². The number of hydrogen-bond donors (Lipinski definition) is 1. The molecule has 2 heterocycles. The van der Waals surface area contributed by atoms with Gasteiger partial charge >= 0.3 is 0 Å². The third kappa shape index (κ3) is 4.16. The van der Waals surface area contributed by atoms with E-state index in [0.29, 0.717) is 12.4 Å². The molecule has 1 saturated carbocycles. The molecule has 0 bridgehead atoms. The van der Waals surface area contributed by atoms with Crippen LogP contribution in [-0.2, 0) is 16.0 Å². The van der Waals surface area contributed by atoms with Crippen molar-refractivity contribution in [2.45, 2.75) is 25.5 Å². The number of hydrogen-bond acceptors (Lipinski definition) is 5. The van der Waals surface area contributed by atoms with E-state index in [-0.39, 0.29) is 6.10 Å². The lowest BCUT2D eigenvalue weighted by Crippen LogP contribution is -2.44. The van der Waals surface area contributed by atoms with E-state index in [4.69, 9.17) is 15.2 Å². The van der Waals surface area contributed by atoms with Gasteiger partial charge in [0.05, 0.1) is 19.3 Å². The zero-order chi connectivity index (χ0) is 13.8. The zero-order valence-electron chi connectivity index (χ0n) is 11.8. The van der Waals surface area contributed by atoms with Crippen molar-refractivity contribution in [2.75, 3.05) is 38.6 Å². The van der Waals surface area contributed by atoms with Crippen LogP contribution < -0.4 is 5.73 Å². The Morgan fingerprint density at radius 1 is 1.40 bits per heavy atom. The Morgan fingerprint density at radius 3 is 3.10 bits per heavy atom. The molecule has 3 rings (SSSR count). The molecule has 2 N–H and O–H groups in total. The first-order valence-corrected chi connectivity index (χ1v) is 7.42. The molecule has 110 valence electrons. The van der Waals surface area contributed by atoms with Gasteiger partial charge in [-0.05, 0) is 36.5 Å². The number of morpholine rings is 1. The molecule has 0 aromatic carbocycles. The minimum Gasteiger partial charge on any atom is -0.384 e. The fourth-order valence-electron chi connectivity index (χ4n) is 2.53. The van der Waals surface area contributed by atoms with Crippen LogP contribution in [0.5, 0.6) is 0 Å². The molecule has 2 fully saturated rings. The molecular formula is C15H23N3O2. The molecule has 5 nitrogen and oxygen atoms in total. The summed E-state index contributed by atoms with van der Waals surface area (Å²) in [7, 11) is 0. The van der Waals surface area contributed by atoms with Crippen LogP contribution in [-0.4, -0.2) is 48.9 Å². The Balaban J connectivity index is 1.44. The van der Waals surface area contributed by atoms with E-state index in [2.05, 4.69) is 9.88 Å². The Kier molecular flexibility index (Phi) is 4.50. The summed E-state index contributed by atoms with van der Waals surface area (Å²) in [5.41, 5.74) is 6.92. The fraction of sp³-hybridized carbons (Fsp3) is 0.667. The lowest BCUT2D eigenvalue weighted by Gasteiger charge is -2.32. The van der Waals surface area contributed by atoms with Gasteiger partial charge in [-0.1, -0.05) is 0 Å². The van der Waals surface area contributed by atoms with E-state index < -0.39 is 0 Å². The maximum Gasteiger partial charge on any atom is 0.123 e. The van der Waals surface area contributed by atoms with Gasteiger partial charge in [0.2, 0.25) is 0 Å². The van der Waals surface area contributed by atoms with Crippen molar-refractivity contribution in [1.82, 2.24) is 9.88 Å². The van der Waals surface area contributed by atoms with Gasteiger partial charge in [0.15, 0.2) is 0 Å². The molecule has 1 atom stereocenters. The monoisotopic (exact) mass is 277 g/mol. The van der Waals surface area contributed by atoms with Crippen LogP contribution >= 0.6 is 0 Å². The van der Waals surface area contributed by atoms with Gasteiger partial charge in [-0.2, -0.15) is 0 Å². The summed E-state index contributed by atoms with van der Waals surface area (Å²) in [6.45, 7) is 5.17. The Labute approximate surface area is 120 Å². The summed E-state index contributed by atoms with van der Waals surface area (Å²) in [6, 6.07) is 3.96. The average Bonchev–Trinajstić information content (AvgIpc) is 3.23. The van der Waals surface area contributed by atoms with Gasteiger partial charge in [-0.3, -0.25) is 4.90 Å². The molecule has 1 saturated heterocycles. The first kappa shape index (κ1) is 13.8. The van der Waals surface area contributed by atoms with E-state index in [1.54, 1.807) is 6.20 Å². The number of aromatic nitrogens is 1. The topological polar surface area (TPSA) is 60.6 Å². The van der Waals surface area contributed by atoms with Crippen molar-refractivity contribution in [3.63, 3.8) is 0 Å². The van der Waals surface area contributed by atoms with Crippen molar-refractivity contribution in [3.8, 4) is 0 Å². The molecule has 0 amide bonds. The standard InChI is InChI=1S/C15H23N3O2/c16-15-7-13(3-4-17-15)8-18-5-6-20-14(9-18)11-19-10-12-1-2-12/h3-4,7,12,14H,1-2,5-6,8-11H2,(H2,16,17)/t14-/m1/s1. The van der Waals surface area contributed by atoms with Crippen molar-refractivity contribution < 1.29 is 9.47 Å². The Bertz CT molecular complexity index is 437. The lowest BCUT2D eigenvalue weighted by molar-refractivity contribution is -0.0723. The van der Waals surface area contributed by atoms with Crippen LogP contribution in [0.15, 0.2) is 18.3 Å². The van der Waals surface area contributed by atoms with E-state index >= 15 is 0 Å². The summed E-state index contributed by atoms with van der Waals surface area (Å²) < 4.78 is 11.5. The molecule has 1 aliphatic heterocycles. The van der Waals surface area contributed by atoms with Gasteiger partial charge < -0.3 is 15.2 Å². The highest BCUT2D eigenvalue weighted by molar-refractivity contribution is 5.31. The van der Waals surface area contributed by atoms with Crippen molar-refractivity contribution in [2.24, 2.45) is 5.92 Å². The largest absolute Gasteiger partial charge is 0.384 e. The number of nitrogens with two attached hydrogens (primary N) is 1. The Hall–Kier alpha value is -1.17. The quantitative estimate of drug-likeness (QED) is 0.849. The van der Waals surface area contributed by atoms with Gasteiger partial charge in [0.25, 0.3) is 0 Å². The number of anilines is 1. The Morgan fingerprint density at radius 2 is 2.30 bits per heavy atom. The summed E-state index contributed by atoms with van der Waals surface area (Å²) in [5, 5.41) is 0. The van der Waals surface area contributed by atoms with Gasteiger partial charge in [0.1, 0.15) is 5.82 Å². The molecule has 0 unspecified atom stereocenters. The minimum atomic E-state index is 0.196. The molecule has 2 aliphatic rings. The summed E-state index contributed by atoms with van der Waals surface area (Å²) in [4.78, 5) is 6.42. The predicted octanol–water partition coefficient (Wildman–Crippen LogP) is 1.29. The third-order valence-corrected chi connectivity index (χ3v) is 3.83. The van der Waals surface area contributed by atoms with E-state index in [1.807, 2.05) is 12.1 Å². The fourth-order valence-corrected chi connectivity index (χ4v) is 2.53. The number of ether oxygens (including phenoxy) is 2. The van der Waals surface area contributed by atoms with Crippen molar-refractivity contribution in [1.29, 1.82) is 0 Å². The average molecular weight is 277 g/mol. The zero-order valence-corrected chi connectivity index (χ0v) is 11.8. The smallest absolute Gasteiger partial charge is 0.123 e. The number of nitrogens with zero attached hydrogens (tertiary/aromatic N) is 2. The van der Waals surface area contributed by atoms with Gasteiger partial charge in [-0.25, -0.2) is 4.98 Å². The number of rotatable bonds is 6. The molecular weight excluding hydrogens is 254 g/mol. The van der Waals surface area contributed by atoms with Crippen LogP contribution in [0.4, 0.5) is 5.82 Å². The first-order chi connectivity index (χ1) is 9.79. The lowest BCUT2D eigenvalue weighted by atomic mass is 10.2. The van der Waals surface area contributed by atoms with Crippen LogP contribution in [0, 0.1) is 5.92 Å². The molecule has 0 spiro atoms. The summed E-state index contributed by atoms with van der Waals surface area (Å²) >= 11 is 0. The second kappa shape index (κ2) is 6.52. The first-order valence-electron chi connectivity index (χ1n) is 7.42. The highest BCUT2D eigenvalue weighted by Crippen LogP contribution is 2.28. The minimum absolute atomic E-state index is 0.196. The van der Waals surface area contributed by atoms with Gasteiger partial charge in [0, 0.05) is 32.4 Å². The number of pyridine rings is 1. The van der Waals surface area contributed by atoms with Gasteiger partial charge in [-0.15, -0.1) is 0 Å². The molecule has 20 heavy (non-hydrogen) atoms. The maximum absolute atomic E-state index is 5.77. The molecule has 1 aromatic heterocycles. The molecule has 1 aliphatic carbocycles. The van der Waals surface area contributed by atoms with E-state index in [0.717, 1.165) is 38.8 Å². The summed E-state index contributed by atoms with van der Waals surface area (Å²) in [6.07, 6.45) is 4.63. The maximum atomic E-state index is 5.77. The second-order valence-corrected chi connectivity index (χ2v) is 5.80. The normalized spacial score (nSPS) is 23.9. The van der Waals surface area contributed by atoms with Crippen LogP contribution in [0.2, 0.25) is 0 Å². The van der Waals surface area contributed by atoms with E-state index in [1.165, 1.54) is 18.4 Å².